The second kappa shape index (κ2) is 4.69. The van der Waals surface area contributed by atoms with Crippen molar-refractivity contribution in [3.63, 3.8) is 0 Å². The smallest absolute Gasteiger partial charge is 0.222 e. The van der Waals surface area contributed by atoms with Crippen LogP contribution in [0.25, 0.3) is 0 Å². The Morgan fingerprint density at radius 1 is 1.53 bits per heavy atom. The van der Waals surface area contributed by atoms with Crippen molar-refractivity contribution >= 4 is 11.7 Å². The summed E-state index contributed by atoms with van der Waals surface area (Å²) in [7, 11) is 0. The zero-order valence-corrected chi connectivity index (χ0v) is 10.3. The number of amides is 1. The molecule has 92 valence electrons. The van der Waals surface area contributed by atoms with Crippen LogP contribution in [0, 0.1) is 12.8 Å². The SMILES string of the molecule is Cc1nccc(N2CC(C(N)=O)CCC2C)n1. The lowest BCUT2D eigenvalue weighted by Crippen LogP contribution is -2.46. The van der Waals surface area contributed by atoms with Gasteiger partial charge < -0.3 is 10.6 Å². The van der Waals surface area contributed by atoms with Gasteiger partial charge in [0.05, 0.1) is 5.92 Å². The largest absolute Gasteiger partial charge is 0.369 e. The molecule has 5 heteroatoms. The quantitative estimate of drug-likeness (QED) is 0.824. The number of primary amides is 1. The number of carbonyl (C=O) groups is 1. The average Bonchev–Trinajstić information content (AvgIpc) is 2.29. The van der Waals surface area contributed by atoms with Crippen molar-refractivity contribution < 1.29 is 4.79 Å². The minimum atomic E-state index is -0.215. The topological polar surface area (TPSA) is 72.1 Å². The molecule has 2 rings (SSSR count). The molecule has 0 radical (unpaired) electrons. The van der Waals surface area contributed by atoms with Crippen molar-refractivity contribution in [3.8, 4) is 0 Å². The number of nitrogens with two attached hydrogens (primary N) is 1. The molecule has 1 aliphatic heterocycles. The van der Waals surface area contributed by atoms with Gasteiger partial charge in [0.2, 0.25) is 5.91 Å². The van der Waals surface area contributed by atoms with E-state index in [0.29, 0.717) is 12.6 Å². The molecule has 0 saturated carbocycles. The maximum absolute atomic E-state index is 11.3. The minimum absolute atomic E-state index is 0.0681. The predicted octanol–water partition coefficient (Wildman–Crippen LogP) is 0.875. The lowest BCUT2D eigenvalue weighted by molar-refractivity contribution is -0.122. The Hall–Kier alpha value is -1.65. The summed E-state index contributed by atoms with van der Waals surface area (Å²) < 4.78 is 0. The van der Waals surface area contributed by atoms with E-state index in [-0.39, 0.29) is 11.8 Å². The van der Waals surface area contributed by atoms with Gasteiger partial charge in [-0.15, -0.1) is 0 Å². The molecule has 1 saturated heterocycles. The summed E-state index contributed by atoms with van der Waals surface area (Å²) in [5.74, 6) is 1.35. The molecule has 5 nitrogen and oxygen atoms in total. The van der Waals surface area contributed by atoms with Gasteiger partial charge in [-0.25, -0.2) is 9.97 Å². The van der Waals surface area contributed by atoms with Gasteiger partial charge in [-0.3, -0.25) is 4.79 Å². The standard InChI is InChI=1S/C12H18N4O/c1-8-3-4-10(12(13)17)7-16(8)11-5-6-14-9(2)15-11/h5-6,8,10H,3-4,7H2,1-2H3,(H2,13,17). The fourth-order valence-electron chi connectivity index (χ4n) is 2.26. The Morgan fingerprint density at radius 2 is 2.29 bits per heavy atom. The Kier molecular flexibility index (Phi) is 3.26. The lowest BCUT2D eigenvalue weighted by atomic mass is 9.93. The van der Waals surface area contributed by atoms with E-state index in [1.165, 1.54) is 0 Å². The number of hydrogen-bond donors (Lipinski definition) is 1. The van der Waals surface area contributed by atoms with E-state index in [0.717, 1.165) is 24.5 Å². The Balaban J connectivity index is 2.20. The van der Waals surface area contributed by atoms with Crippen LogP contribution in [0.3, 0.4) is 0 Å². The third-order valence-corrected chi connectivity index (χ3v) is 3.34. The Morgan fingerprint density at radius 3 is 2.94 bits per heavy atom. The molecule has 0 aliphatic carbocycles. The highest BCUT2D eigenvalue weighted by atomic mass is 16.1. The summed E-state index contributed by atoms with van der Waals surface area (Å²) in [5, 5.41) is 0. The van der Waals surface area contributed by atoms with Gasteiger partial charge in [-0.05, 0) is 32.8 Å². The number of aromatic nitrogens is 2. The fraction of sp³-hybridized carbons (Fsp3) is 0.583. The van der Waals surface area contributed by atoms with Gasteiger partial charge >= 0.3 is 0 Å². The number of carbonyl (C=O) groups excluding carboxylic acids is 1. The zero-order valence-electron chi connectivity index (χ0n) is 10.3. The summed E-state index contributed by atoms with van der Waals surface area (Å²) in [6.07, 6.45) is 3.59. The molecule has 2 unspecified atom stereocenters. The summed E-state index contributed by atoms with van der Waals surface area (Å²) in [6, 6.07) is 2.27. The molecule has 2 heterocycles. The molecule has 0 aromatic carbocycles. The summed E-state index contributed by atoms with van der Waals surface area (Å²) >= 11 is 0. The Labute approximate surface area is 101 Å². The van der Waals surface area contributed by atoms with Gasteiger partial charge in [0, 0.05) is 18.8 Å². The molecule has 17 heavy (non-hydrogen) atoms. The Bertz CT molecular complexity index is 421. The first-order valence-corrected chi connectivity index (χ1v) is 5.93. The van der Waals surface area contributed by atoms with Crippen LogP contribution in [0.15, 0.2) is 12.3 Å². The average molecular weight is 234 g/mol. The molecular weight excluding hydrogens is 216 g/mol. The third-order valence-electron chi connectivity index (χ3n) is 3.34. The normalized spacial score (nSPS) is 24.7. The number of nitrogens with zero attached hydrogens (tertiary/aromatic N) is 3. The van der Waals surface area contributed by atoms with E-state index in [1.807, 2.05) is 13.0 Å². The van der Waals surface area contributed by atoms with Crippen LogP contribution in [0.2, 0.25) is 0 Å². The first-order chi connectivity index (χ1) is 8.08. The molecule has 0 bridgehead atoms. The zero-order chi connectivity index (χ0) is 12.4. The van der Waals surface area contributed by atoms with Crippen LogP contribution in [0.5, 0.6) is 0 Å². The molecule has 1 aromatic heterocycles. The minimum Gasteiger partial charge on any atom is -0.369 e. The molecule has 1 aromatic rings. The summed E-state index contributed by atoms with van der Waals surface area (Å²) in [5.41, 5.74) is 5.38. The maximum Gasteiger partial charge on any atom is 0.222 e. The molecule has 1 amide bonds. The van der Waals surface area contributed by atoms with Crippen molar-refractivity contribution in [2.24, 2.45) is 11.7 Å². The monoisotopic (exact) mass is 234 g/mol. The van der Waals surface area contributed by atoms with E-state index >= 15 is 0 Å². The number of rotatable bonds is 2. The van der Waals surface area contributed by atoms with Gasteiger partial charge in [-0.2, -0.15) is 0 Å². The predicted molar refractivity (Wildman–Crippen MR) is 65.5 cm³/mol. The fourth-order valence-corrected chi connectivity index (χ4v) is 2.26. The van der Waals surface area contributed by atoms with Crippen molar-refractivity contribution in [2.75, 3.05) is 11.4 Å². The highest BCUT2D eigenvalue weighted by Crippen LogP contribution is 2.25. The van der Waals surface area contributed by atoms with E-state index in [9.17, 15) is 4.79 Å². The molecule has 0 spiro atoms. The van der Waals surface area contributed by atoms with Crippen molar-refractivity contribution in [1.29, 1.82) is 0 Å². The van der Waals surface area contributed by atoms with Crippen LogP contribution < -0.4 is 10.6 Å². The highest BCUT2D eigenvalue weighted by Gasteiger charge is 2.29. The van der Waals surface area contributed by atoms with Crippen molar-refractivity contribution in [3.05, 3.63) is 18.1 Å². The van der Waals surface area contributed by atoms with E-state index in [2.05, 4.69) is 21.8 Å². The number of hydrogen-bond acceptors (Lipinski definition) is 4. The molecule has 2 atom stereocenters. The van der Waals surface area contributed by atoms with Gasteiger partial charge in [-0.1, -0.05) is 0 Å². The maximum atomic E-state index is 11.3. The van der Waals surface area contributed by atoms with Gasteiger partial charge in [0.25, 0.3) is 0 Å². The van der Waals surface area contributed by atoms with Gasteiger partial charge in [0.1, 0.15) is 11.6 Å². The summed E-state index contributed by atoms with van der Waals surface area (Å²) in [6.45, 7) is 4.67. The third kappa shape index (κ3) is 2.54. The molecule has 2 N–H and O–H groups in total. The first-order valence-electron chi connectivity index (χ1n) is 5.93. The summed E-state index contributed by atoms with van der Waals surface area (Å²) in [4.78, 5) is 21.9. The van der Waals surface area contributed by atoms with Crippen LogP contribution >= 0.6 is 0 Å². The van der Waals surface area contributed by atoms with Gasteiger partial charge in [0.15, 0.2) is 0 Å². The lowest BCUT2D eigenvalue weighted by Gasteiger charge is -2.37. The second-order valence-corrected chi connectivity index (χ2v) is 4.64. The molecule has 1 aliphatic rings. The van der Waals surface area contributed by atoms with Crippen LogP contribution in [-0.2, 0) is 4.79 Å². The molecular formula is C12H18N4O. The number of piperidine rings is 1. The van der Waals surface area contributed by atoms with E-state index in [4.69, 9.17) is 5.73 Å². The number of anilines is 1. The second-order valence-electron chi connectivity index (χ2n) is 4.64. The highest BCUT2D eigenvalue weighted by molar-refractivity contribution is 5.77. The van der Waals surface area contributed by atoms with Crippen LogP contribution in [0.4, 0.5) is 5.82 Å². The first kappa shape index (κ1) is 11.8. The van der Waals surface area contributed by atoms with Crippen molar-refractivity contribution in [2.45, 2.75) is 32.7 Å². The number of aryl methyl sites for hydroxylation is 1. The molecule has 1 fully saturated rings. The van der Waals surface area contributed by atoms with Crippen molar-refractivity contribution in [1.82, 2.24) is 9.97 Å². The van der Waals surface area contributed by atoms with E-state index in [1.54, 1.807) is 6.20 Å². The van der Waals surface area contributed by atoms with Crippen LogP contribution in [0.1, 0.15) is 25.6 Å². The van der Waals surface area contributed by atoms with E-state index < -0.39 is 0 Å². The van der Waals surface area contributed by atoms with Crippen LogP contribution in [-0.4, -0.2) is 28.5 Å².